The van der Waals surface area contributed by atoms with E-state index >= 15 is 0 Å². The number of alkyl halides is 1. The second-order valence-corrected chi connectivity index (χ2v) is 3.51. The summed E-state index contributed by atoms with van der Waals surface area (Å²) in [7, 11) is 2.81. The fourth-order valence-electron chi connectivity index (χ4n) is 1.06. The van der Waals surface area contributed by atoms with Crippen LogP contribution in [0.25, 0.3) is 0 Å². The van der Waals surface area contributed by atoms with Crippen molar-refractivity contribution in [1.29, 1.82) is 0 Å². The molecule has 0 radical (unpaired) electrons. The maximum atomic E-state index is 9.68. The maximum Gasteiger partial charge on any atom is 0.210 e. The number of ether oxygens (including phenoxy) is 2. The zero-order chi connectivity index (χ0) is 10.1. The number of allylic oxidation sites excluding steroid dienone is 2. The van der Waals surface area contributed by atoms with Crippen LogP contribution >= 0.6 is 23.2 Å². The van der Waals surface area contributed by atoms with Gasteiger partial charge in [0, 0.05) is 7.11 Å². The molecule has 3 nitrogen and oxygen atoms in total. The predicted octanol–water partition coefficient (Wildman–Crippen LogP) is 1.60. The second kappa shape index (κ2) is 3.88. The molecule has 0 spiro atoms. The average Bonchev–Trinajstić information content (AvgIpc) is 2.15. The van der Waals surface area contributed by atoms with E-state index in [-0.39, 0.29) is 5.03 Å². The Balaban J connectivity index is 3.03. The second-order valence-electron chi connectivity index (χ2n) is 2.54. The van der Waals surface area contributed by atoms with E-state index in [1.54, 1.807) is 6.08 Å². The van der Waals surface area contributed by atoms with Crippen LogP contribution in [0.5, 0.6) is 0 Å². The van der Waals surface area contributed by atoms with Crippen LogP contribution in [0.3, 0.4) is 0 Å². The summed E-state index contributed by atoms with van der Waals surface area (Å²) in [5.74, 6) is 0.321. The van der Waals surface area contributed by atoms with Gasteiger partial charge in [0.2, 0.25) is 5.06 Å². The molecule has 1 rings (SSSR count). The van der Waals surface area contributed by atoms with Gasteiger partial charge in [-0.3, -0.25) is 0 Å². The standard InChI is InChI=1S/C8H10Cl2O3/c1-12-5-3-4-6(9)8(10,13-2)7(5)11/h3-4,7,11H,1-2H3. The summed E-state index contributed by atoms with van der Waals surface area (Å²) in [5, 5.41) is 8.48. The van der Waals surface area contributed by atoms with Gasteiger partial charge in [0.25, 0.3) is 0 Å². The fraction of sp³-hybridized carbons (Fsp3) is 0.500. The topological polar surface area (TPSA) is 38.7 Å². The monoisotopic (exact) mass is 224 g/mol. The average molecular weight is 225 g/mol. The van der Waals surface area contributed by atoms with E-state index in [4.69, 9.17) is 32.7 Å². The Bertz CT molecular complexity index is 262. The molecule has 0 heterocycles. The highest BCUT2D eigenvalue weighted by molar-refractivity contribution is 6.39. The fourth-order valence-corrected chi connectivity index (χ4v) is 1.48. The molecule has 2 atom stereocenters. The lowest BCUT2D eigenvalue weighted by atomic mass is 10.1. The van der Waals surface area contributed by atoms with Gasteiger partial charge < -0.3 is 14.6 Å². The summed E-state index contributed by atoms with van der Waals surface area (Å²) < 4.78 is 9.82. The summed E-state index contributed by atoms with van der Waals surface area (Å²) in [6, 6.07) is 0. The Hall–Kier alpha value is -0.220. The molecule has 0 amide bonds. The summed E-state index contributed by atoms with van der Waals surface area (Å²) >= 11 is 11.7. The lowest BCUT2D eigenvalue weighted by Gasteiger charge is -2.33. The van der Waals surface area contributed by atoms with Crippen LogP contribution in [0.4, 0.5) is 0 Å². The van der Waals surface area contributed by atoms with Gasteiger partial charge in [-0.25, -0.2) is 0 Å². The Morgan fingerprint density at radius 3 is 2.54 bits per heavy atom. The first kappa shape index (κ1) is 10.9. The highest BCUT2D eigenvalue weighted by atomic mass is 35.5. The van der Waals surface area contributed by atoms with E-state index < -0.39 is 11.2 Å². The molecule has 0 fully saturated rings. The molecule has 0 aliphatic heterocycles. The third-order valence-electron chi connectivity index (χ3n) is 1.87. The lowest BCUT2D eigenvalue weighted by Crippen LogP contribution is -2.42. The van der Waals surface area contributed by atoms with Crippen LogP contribution in [-0.4, -0.2) is 30.5 Å². The highest BCUT2D eigenvalue weighted by Crippen LogP contribution is 2.38. The number of rotatable bonds is 2. The number of methoxy groups -OCH3 is 2. The number of aliphatic hydroxyl groups excluding tert-OH is 1. The number of aliphatic hydroxyl groups is 1. The minimum absolute atomic E-state index is 0.227. The third-order valence-corrected chi connectivity index (χ3v) is 2.94. The van der Waals surface area contributed by atoms with Crippen molar-refractivity contribution in [2.45, 2.75) is 11.2 Å². The van der Waals surface area contributed by atoms with Gasteiger partial charge in [-0.2, -0.15) is 0 Å². The minimum atomic E-state index is -1.43. The van der Waals surface area contributed by atoms with Gasteiger partial charge in [-0.05, 0) is 12.2 Å². The van der Waals surface area contributed by atoms with E-state index in [9.17, 15) is 5.11 Å². The first-order valence-electron chi connectivity index (χ1n) is 3.60. The van der Waals surface area contributed by atoms with Crippen LogP contribution < -0.4 is 0 Å². The van der Waals surface area contributed by atoms with Crippen molar-refractivity contribution in [1.82, 2.24) is 0 Å². The Kier molecular flexibility index (Phi) is 3.24. The van der Waals surface area contributed by atoms with Crippen molar-refractivity contribution in [3.05, 3.63) is 22.9 Å². The summed E-state index contributed by atoms with van der Waals surface area (Å²) in [6.07, 6.45) is 1.98. The van der Waals surface area contributed by atoms with E-state index in [0.717, 1.165) is 0 Å². The number of hydrogen-bond donors (Lipinski definition) is 1. The van der Waals surface area contributed by atoms with Gasteiger partial charge in [0.1, 0.15) is 5.76 Å². The van der Waals surface area contributed by atoms with Crippen molar-refractivity contribution in [3.8, 4) is 0 Å². The Morgan fingerprint density at radius 1 is 1.46 bits per heavy atom. The van der Waals surface area contributed by atoms with E-state index in [0.29, 0.717) is 5.76 Å². The van der Waals surface area contributed by atoms with Crippen molar-refractivity contribution in [2.24, 2.45) is 0 Å². The predicted molar refractivity (Wildman–Crippen MR) is 50.6 cm³/mol. The molecule has 0 saturated carbocycles. The first-order chi connectivity index (χ1) is 6.06. The Morgan fingerprint density at radius 2 is 2.08 bits per heavy atom. The van der Waals surface area contributed by atoms with Crippen molar-refractivity contribution >= 4 is 23.2 Å². The molecule has 0 saturated heterocycles. The molecular weight excluding hydrogens is 215 g/mol. The zero-order valence-electron chi connectivity index (χ0n) is 7.25. The highest BCUT2D eigenvalue weighted by Gasteiger charge is 2.44. The van der Waals surface area contributed by atoms with E-state index in [1.807, 2.05) is 0 Å². The molecule has 74 valence electrons. The quantitative estimate of drug-likeness (QED) is 0.725. The molecule has 5 heteroatoms. The van der Waals surface area contributed by atoms with Gasteiger partial charge in [0.05, 0.1) is 12.1 Å². The van der Waals surface area contributed by atoms with Crippen molar-refractivity contribution < 1.29 is 14.6 Å². The summed E-state index contributed by atoms with van der Waals surface area (Å²) in [4.78, 5) is 0. The van der Waals surface area contributed by atoms with Crippen molar-refractivity contribution in [2.75, 3.05) is 14.2 Å². The third kappa shape index (κ3) is 1.70. The molecule has 1 aliphatic rings. The minimum Gasteiger partial charge on any atom is -0.498 e. The molecule has 1 aliphatic carbocycles. The number of hydrogen-bond acceptors (Lipinski definition) is 3. The molecule has 2 unspecified atom stereocenters. The summed E-state index contributed by atoms with van der Waals surface area (Å²) in [6.45, 7) is 0. The van der Waals surface area contributed by atoms with Crippen LogP contribution in [0.2, 0.25) is 0 Å². The molecule has 0 aromatic carbocycles. The molecule has 0 aromatic heterocycles. The van der Waals surface area contributed by atoms with Crippen molar-refractivity contribution in [3.63, 3.8) is 0 Å². The van der Waals surface area contributed by atoms with Gasteiger partial charge >= 0.3 is 0 Å². The largest absolute Gasteiger partial charge is 0.498 e. The van der Waals surface area contributed by atoms with Gasteiger partial charge in [-0.1, -0.05) is 23.2 Å². The van der Waals surface area contributed by atoms with Crippen LogP contribution in [0, 0.1) is 0 Å². The smallest absolute Gasteiger partial charge is 0.210 e. The van der Waals surface area contributed by atoms with E-state index in [2.05, 4.69) is 0 Å². The van der Waals surface area contributed by atoms with E-state index in [1.165, 1.54) is 20.3 Å². The Labute approximate surface area is 86.5 Å². The van der Waals surface area contributed by atoms with Gasteiger partial charge in [-0.15, -0.1) is 0 Å². The zero-order valence-corrected chi connectivity index (χ0v) is 8.76. The van der Waals surface area contributed by atoms with Crippen LogP contribution in [0.1, 0.15) is 0 Å². The molecular formula is C8H10Cl2O3. The SMILES string of the molecule is COC1=CC=C(Cl)C(Cl)(OC)C1O. The normalized spacial score (nSPS) is 33.8. The van der Waals surface area contributed by atoms with Gasteiger partial charge in [0.15, 0.2) is 6.10 Å². The number of halogens is 2. The molecule has 1 N–H and O–H groups in total. The molecule has 0 bridgehead atoms. The van der Waals surface area contributed by atoms with Crippen LogP contribution in [-0.2, 0) is 9.47 Å². The van der Waals surface area contributed by atoms with Crippen LogP contribution in [0.15, 0.2) is 22.9 Å². The maximum absolute atomic E-state index is 9.68. The first-order valence-corrected chi connectivity index (χ1v) is 4.35. The molecule has 0 aromatic rings. The summed E-state index contributed by atoms with van der Waals surface area (Å²) in [5.41, 5.74) is 0. The lowest BCUT2D eigenvalue weighted by molar-refractivity contribution is -0.0221. The molecule has 13 heavy (non-hydrogen) atoms.